The third-order valence-electron chi connectivity index (χ3n) is 2.42. The Morgan fingerprint density at radius 1 is 1.29 bits per heavy atom. The van der Waals surface area contributed by atoms with Crippen LogP contribution in [0.25, 0.3) is 0 Å². The molecular weight excluding hydrogens is 238 g/mol. The third-order valence-corrected chi connectivity index (χ3v) is 4.19. The van der Waals surface area contributed by atoms with E-state index in [0.717, 1.165) is 5.56 Å². The third kappa shape index (κ3) is 4.41. The number of nitrogens with zero attached hydrogens (tertiary/aromatic N) is 2. The van der Waals surface area contributed by atoms with Crippen LogP contribution in [0.2, 0.25) is 0 Å². The summed E-state index contributed by atoms with van der Waals surface area (Å²) in [4.78, 5) is 3.93. The van der Waals surface area contributed by atoms with Gasteiger partial charge in [0.05, 0.1) is 0 Å². The van der Waals surface area contributed by atoms with E-state index >= 15 is 0 Å². The Balaban J connectivity index is 2.59. The Hall–Kier alpha value is -0.980. The highest BCUT2D eigenvalue weighted by Gasteiger charge is 2.18. The fourth-order valence-electron chi connectivity index (χ4n) is 1.53. The monoisotopic (exact) mass is 257 g/mol. The maximum atomic E-state index is 11.8. The maximum Gasteiger partial charge on any atom is 0.279 e. The van der Waals surface area contributed by atoms with E-state index < -0.39 is 10.2 Å². The predicted octanol–water partition coefficient (Wildman–Crippen LogP) is 0.800. The van der Waals surface area contributed by atoms with Crippen molar-refractivity contribution in [2.75, 3.05) is 19.6 Å². The molecule has 0 aliphatic carbocycles. The molecule has 1 heterocycles. The first-order valence-electron chi connectivity index (χ1n) is 5.73. The molecule has 17 heavy (non-hydrogen) atoms. The molecule has 0 aliphatic rings. The van der Waals surface area contributed by atoms with Crippen molar-refractivity contribution in [2.45, 2.75) is 20.3 Å². The molecule has 0 saturated carbocycles. The molecule has 0 spiro atoms. The minimum absolute atomic E-state index is 0.411. The van der Waals surface area contributed by atoms with Crippen molar-refractivity contribution in [1.29, 1.82) is 0 Å². The number of nitrogens with one attached hydrogen (secondary N) is 1. The van der Waals surface area contributed by atoms with Crippen LogP contribution in [0.3, 0.4) is 0 Å². The van der Waals surface area contributed by atoms with Crippen LogP contribution in [0.1, 0.15) is 19.4 Å². The van der Waals surface area contributed by atoms with Crippen molar-refractivity contribution in [3.8, 4) is 0 Å². The molecule has 0 unspecified atom stereocenters. The normalized spacial score (nSPS) is 11.9. The summed E-state index contributed by atoms with van der Waals surface area (Å²) in [6, 6.07) is 3.79. The standard InChI is InChI=1S/C11H19N3O2S/c1-3-13-17(15,16)14(4-2)10-7-11-5-8-12-9-6-11/h5-6,8-9,13H,3-4,7,10H2,1-2H3. The van der Waals surface area contributed by atoms with E-state index in [1.165, 1.54) is 4.31 Å². The van der Waals surface area contributed by atoms with E-state index in [9.17, 15) is 8.42 Å². The lowest BCUT2D eigenvalue weighted by Crippen LogP contribution is -2.41. The van der Waals surface area contributed by atoms with Crippen LogP contribution in [0.15, 0.2) is 24.5 Å². The molecule has 0 radical (unpaired) electrons. The second-order valence-electron chi connectivity index (χ2n) is 3.60. The fraction of sp³-hybridized carbons (Fsp3) is 0.545. The summed E-state index contributed by atoms with van der Waals surface area (Å²) >= 11 is 0. The lowest BCUT2D eigenvalue weighted by molar-refractivity contribution is 0.423. The highest BCUT2D eigenvalue weighted by atomic mass is 32.2. The van der Waals surface area contributed by atoms with E-state index in [2.05, 4.69) is 9.71 Å². The maximum absolute atomic E-state index is 11.8. The van der Waals surface area contributed by atoms with Gasteiger partial charge in [-0.2, -0.15) is 12.7 Å². The van der Waals surface area contributed by atoms with Gasteiger partial charge in [-0.25, -0.2) is 4.72 Å². The first kappa shape index (κ1) is 14.1. The Bertz CT molecular complexity index is 420. The number of pyridine rings is 1. The van der Waals surface area contributed by atoms with Crippen LogP contribution in [0, 0.1) is 0 Å². The number of likely N-dealkylation sites (N-methyl/N-ethyl adjacent to an activating group) is 1. The summed E-state index contributed by atoms with van der Waals surface area (Å²) < 4.78 is 27.5. The lowest BCUT2D eigenvalue weighted by Gasteiger charge is -2.20. The van der Waals surface area contributed by atoms with Crippen molar-refractivity contribution in [3.05, 3.63) is 30.1 Å². The summed E-state index contributed by atoms with van der Waals surface area (Å²) in [7, 11) is -3.32. The van der Waals surface area contributed by atoms with Crippen molar-refractivity contribution in [2.24, 2.45) is 0 Å². The molecule has 1 N–H and O–H groups in total. The molecule has 0 amide bonds. The number of hydrogen-bond acceptors (Lipinski definition) is 3. The van der Waals surface area contributed by atoms with E-state index in [1.807, 2.05) is 19.1 Å². The van der Waals surface area contributed by atoms with Gasteiger partial charge in [0.1, 0.15) is 0 Å². The van der Waals surface area contributed by atoms with Crippen LogP contribution in [-0.2, 0) is 16.6 Å². The number of hydrogen-bond donors (Lipinski definition) is 1. The van der Waals surface area contributed by atoms with Gasteiger partial charge in [0.2, 0.25) is 0 Å². The Morgan fingerprint density at radius 2 is 1.94 bits per heavy atom. The van der Waals surface area contributed by atoms with Gasteiger partial charge in [0.15, 0.2) is 0 Å². The smallest absolute Gasteiger partial charge is 0.265 e. The quantitative estimate of drug-likeness (QED) is 0.786. The van der Waals surface area contributed by atoms with Crippen molar-refractivity contribution in [1.82, 2.24) is 14.0 Å². The van der Waals surface area contributed by atoms with Crippen LogP contribution in [0.5, 0.6) is 0 Å². The Kier molecular flexibility index (Phi) is 5.54. The SMILES string of the molecule is CCNS(=O)(=O)N(CC)CCc1ccncc1. The van der Waals surface area contributed by atoms with Crippen LogP contribution < -0.4 is 4.72 Å². The second-order valence-corrected chi connectivity index (χ2v) is 5.36. The average molecular weight is 257 g/mol. The molecule has 5 nitrogen and oxygen atoms in total. The molecule has 1 rings (SSSR count). The van der Waals surface area contributed by atoms with Gasteiger partial charge in [-0.1, -0.05) is 13.8 Å². The number of aromatic nitrogens is 1. The minimum atomic E-state index is -3.32. The summed E-state index contributed by atoms with van der Waals surface area (Å²) in [5.41, 5.74) is 1.09. The van der Waals surface area contributed by atoms with Crippen LogP contribution in [-0.4, -0.2) is 37.3 Å². The summed E-state index contributed by atoms with van der Waals surface area (Å²) in [5, 5.41) is 0. The van der Waals surface area contributed by atoms with Gasteiger partial charge >= 0.3 is 0 Å². The van der Waals surface area contributed by atoms with Gasteiger partial charge in [0, 0.05) is 32.0 Å². The molecule has 0 aromatic carbocycles. The van der Waals surface area contributed by atoms with Crippen molar-refractivity contribution < 1.29 is 8.42 Å². The first-order chi connectivity index (χ1) is 8.10. The molecule has 6 heteroatoms. The topological polar surface area (TPSA) is 62.3 Å². The highest BCUT2D eigenvalue weighted by molar-refractivity contribution is 7.87. The van der Waals surface area contributed by atoms with Crippen LogP contribution in [0.4, 0.5) is 0 Å². The van der Waals surface area contributed by atoms with E-state index in [1.54, 1.807) is 19.3 Å². The Morgan fingerprint density at radius 3 is 2.47 bits per heavy atom. The van der Waals surface area contributed by atoms with E-state index in [4.69, 9.17) is 0 Å². The fourth-order valence-corrected chi connectivity index (χ4v) is 2.74. The molecule has 0 fully saturated rings. The van der Waals surface area contributed by atoms with Crippen molar-refractivity contribution in [3.63, 3.8) is 0 Å². The van der Waals surface area contributed by atoms with Gasteiger partial charge in [-0.15, -0.1) is 0 Å². The predicted molar refractivity (Wildman–Crippen MR) is 67.8 cm³/mol. The minimum Gasteiger partial charge on any atom is -0.265 e. The zero-order chi connectivity index (χ0) is 12.7. The summed E-state index contributed by atoms with van der Waals surface area (Å²) in [6.45, 7) is 4.97. The molecule has 1 aromatic rings. The summed E-state index contributed by atoms with van der Waals surface area (Å²) in [5.74, 6) is 0. The van der Waals surface area contributed by atoms with Gasteiger partial charge in [-0.3, -0.25) is 4.98 Å². The largest absolute Gasteiger partial charge is 0.279 e. The lowest BCUT2D eigenvalue weighted by atomic mass is 10.2. The van der Waals surface area contributed by atoms with Crippen LogP contribution >= 0.6 is 0 Å². The highest BCUT2D eigenvalue weighted by Crippen LogP contribution is 2.03. The van der Waals surface area contributed by atoms with Gasteiger partial charge in [-0.05, 0) is 24.1 Å². The molecule has 0 aliphatic heterocycles. The first-order valence-corrected chi connectivity index (χ1v) is 7.17. The molecule has 96 valence electrons. The Labute approximate surface area is 103 Å². The van der Waals surface area contributed by atoms with Crippen molar-refractivity contribution >= 4 is 10.2 Å². The van der Waals surface area contributed by atoms with Gasteiger partial charge in [0.25, 0.3) is 10.2 Å². The molecule has 0 saturated heterocycles. The second kappa shape index (κ2) is 6.68. The van der Waals surface area contributed by atoms with E-state index in [-0.39, 0.29) is 0 Å². The molecule has 0 bridgehead atoms. The molecular formula is C11H19N3O2S. The number of rotatable bonds is 7. The zero-order valence-electron chi connectivity index (χ0n) is 10.3. The zero-order valence-corrected chi connectivity index (χ0v) is 11.1. The summed E-state index contributed by atoms with van der Waals surface area (Å²) in [6.07, 6.45) is 4.12. The van der Waals surface area contributed by atoms with Gasteiger partial charge < -0.3 is 0 Å². The average Bonchev–Trinajstić information content (AvgIpc) is 2.30. The van der Waals surface area contributed by atoms with E-state index in [0.29, 0.717) is 26.1 Å². The molecule has 0 atom stereocenters. The molecule has 1 aromatic heterocycles.